The highest BCUT2D eigenvalue weighted by Gasteiger charge is 2.21. The van der Waals surface area contributed by atoms with Gasteiger partial charge >= 0.3 is 5.97 Å². The first kappa shape index (κ1) is 29.0. The van der Waals surface area contributed by atoms with Gasteiger partial charge < -0.3 is 9.47 Å². The Morgan fingerprint density at radius 3 is 1.86 bits per heavy atom. The maximum atomic E-state index is 12.7. The van der Waals surface area contributed by atoms with Gasteiger partial charge in [0.2, 0.25) is 0 Å². The van der Waals surface area contributed by atoms with Crippen molar-refractivity contribution < 1.29 is 14.3 Å². The first-order chi connectivity index (χ1) is 18.2. The molecule has 0 amide bonds. The van der Waals surface area contributed by atoms with E-state index in [1.54, 1.807) is 0 Å². The van der Waals surface area contributed by atoms with Crippen LogP contribution in [0.1, 0.15) is 104 Å². The van der Waals surface area contributed by atoms with Crippen molar-refractivity contribution in [3.8, 4) is 5.75 Å². The minimum Gasteiger partial charge on any atom is -0.492 e. The van der Waals surface area contributed by atoms with Crippen molar-refractivity contribution in [2.24, 2.45) is 5.92 Å². The molecular formula is C34H48O3. The number of carbonyl (C=O) groups excluding carboxylic acids is 1. The van der Waals surface area contributed by atoms with Gasteiger partial charge in [0.1, 0.15) is 12.4 Å². The molecule has 0 aliphatic rings. The van der Waals surface area contributed by atoms with E-state index in [9.17, 15) is 4.79 Å². The van der Waals surface area contributed by atoms with E-state index in [-0.39, 0.29) is 11.9 Å². The zero-order valence-electron chi connectivity index (χ0n) is 23.3. The zero-order valence-corrected chi connectivity index (χ0v) is 23.3. The summed E-state index contributed by atoms with van der Waals surface area (Å²) in [5, 5.41) is 4.66. The average molecular weight is 505 g/mol. The molecular weight excluding hydrogens is 456 g/mol. The quantitative estimate of drug-likeness (QED) is 0.0925. The van der Waals surface area contributed by atoms with E-state index in [4.69, 9.17) is 9.47 Å². The number of carbonyl (C=O) groups is 1. The molecule has 0 aliphatic carbocycles. The summed E-state index contributed by atoms with van der Waals surface area (Å²) >= 11 is 0. The summed E-state index contributed by atoms with van der Waals surface area (Å²) in [6.45, 7) is 4.92. The second kappa shape index (κ2) is 17.1. The second-order valence-corrected chi connectivity index (χ2v) is 10.5. The van der Waals surface area contributed by atoms with Gasteiger partial charge in [0.15, 0.2) is 0 Å². The third-order valence-electron chi connectivity index (χ3n) is 7.42. The molecule has 202 valence electrons. The highest BCUT2D eigenvalue weighted by molar-refractivity contribution is 6.00. The minimum absolute atomic E-state index is 0.132. The standard InChI is InChI=1S/C34H48O3/c1-3-5-6-7-8-9-10-11-12-13-14-15-16-22-31(34(35)36-4-2)27-37-33-24-19-23-30-25-28-20-17-18-21-29(28)26-32(30)33/h17-21,23-26,31H,3-16,22,27H2,1-2H3. The van der Waals surface area contributed by atoms with E-state index in [0.29, 0.717) is 13.2 Å². The second-order valence-electron chi connectivity index (χ2n) is 10.5. The highest BCUT2D eigenvalue weighted by Crippen LogP contribution is 2.30. The number of unbranched alkanes of at least 4 members (excludes halogenated alkanes) is 12. The van der Waals surface area contributed by atoms with Crippen LogP contribution >= 0.6 is 0 Å². The molecule has 3 aromatic carbocycles. The van der Waals surface area contributed by atoms with Gasteiger partial charge in [0, 0.05) is 5.39 Å². The van der Waals surface area contributed by atoms with Crippen LogP contribution in [0.15, 0.2) is 54.6 Å². The molecule has 37 heavy (non-hydrogen) atoms. The van der Waals surface area contributed by atoms with E-state index in [1.807, 2.05) is 19.1 Å². The van der Waals surface area contributed by atoms with E-state index in [0.717, 1.165) is 29.4 Å². The van der Waals surface area contributed by atoms with Gasteiger partial charge in [-0.15, -0.1) is 0 Å². The number of hydrogen-bond acceptors (Lipinski definition) is 3. The van der Waals surface area contributed by atoms with Crippen LogP contribution in [0.4, 0.5) is 0 Å². The van der Waals surface area contributed by atoms with Crippen LogP contribution in [0.2, 0.25) is 0 Å². The van der Waals surface area contributed by atoms with Gasteiger partial charge in [-0.1, -0.05) is 127 Å². The molecule has 0 aliphatic heterocycles. The molecule has 0 saturated heterocycles. The fraction of sp³-hybridized carbons (Fsp3) is 0.559. The summed E-state index contributed by atoms with van der Waals surface area (Å²) in [5.74, 6) is 0.485. The molecule has 3 heteroatoms. The largest absolute Gasteiger partial charge is 0.492 e. The van der Waals surface area contributed by atoms with Crippen LogP contribution in [0.25, 0.3) is 21.5 Å². The van der Waals surface area contributed by atoms with E-state index in [2.05, 4.69) is 49.4 Å². The summed E-state index contributed by atoms with van der Waals surface area (Å²) in [4.78, 5) is 12.7. The maximum Gasteiger partial charge on any atom is 0.312 e. The molecule has 3 rings (SSSR count). The Morgan fingerprint density at radius 1 is 0.676 bits per heavy atom. The molecule has 0 aromatic heterocycles. The lowest BCUT2D eigenvalue weighted by atomic mass is 10.00. The zero-order chi connectivity index (χ0) is 26.1. The Morgan fingerprint density at radius 2 is 1.24 bits per heavy atom. The Labute approximate surface area is 224 Å². The lowest BCUT2D eigenvalue weighted by Crippen LogP contribution is -2.24. The molecule has 0 N–H and O–H groups in total. The monoisotopic (exact) mass is 504 g/mol. The predicted octanol–water partition coefficient (Wildman–Crippen LogP) is 10.0. The summed E-state index contributed by atoms with van der Waals surface area (Å²) in [7, 11) is 0. The SMILES string of the molecule is CCCCCCCCCCCCCCCC(COc1cccc2cc3ccccc3cc12)C(=O)OCC. The Hall–Kier alpha value is -2.55. The summed E-state index contributed by atoms with van der Waals surface area (Å²) in [5.41, 5.74) is 0. The molecule has 0 heterocycles. The molecule has 0 saturated carbocycles. The van der Waals surface area contributed by atoms with E-state index < -0.39 is 0 Å². The Bertz CT molecular complexity index is 1060. The van der Waals surface area contributed by atoms with Crippen LogP contribution in [-0.2, 0) is 9.53 Å². The summed E-state index contributed by atoms with van der Waals surface area (Å²) < 4.78 is 11.6. The molecule has 3 aromatic rings. The van der Waals surface area contributed by atoms with Gasteiger partial charge in [-0.2, -0.15) is 0 Å². The smallest absolute Gasteiger partial charge is 0.312 e. The van der Waals surface area contributed by atoms with Crippen molar-refractivity contribution in [2.75, 3.05) is 13.2 Å². The van der Waals surface area contributed by atoms with E-state index in [1.165, 1.54) is 87.8 Å². The number of ether oxygens (including phenoxy) is 2. The van der Waals surface area contributed by atoms with Crippen molar-refractivity contribution in [3.63, 3.8) is 0 Å². The van der Waals surface area contributed by atoms with Crippen molar-refractivity contribution in [3.05, 3.63) is 54.6 Å². The van der Waals surface area contributed by atoms with Crippen molar-refractivity contribution >= 4 is 27.5 Å². The number of hydrogen-bond donors (Lipinski definition) is 0. The first-order valence-corrected chi connectivity index (χ1v) is 14.9. The molecule has 0 fully saturated rings. The topological polar surface area (TPSA) is 35.5 Å². The Kier molecular flexibility index (Phi) is 13.4. The fourth-order valence-electron chi connectivity index (χ4n) is 5.19. The van der Waals surface area contributed by atoms with Crippen molar-refractivity contribution in [2.45, 2.75) is 104 Å². The highest BCUT2D eigenvalue weighted by atomic mass is 16.5. The summed E-state index contributed by atoms with van der Waals surface area (Å²) in [6, 6.07) is 18.9. The lowest BCUT2D eigenvalue weighted by molar-refractivity contribution is -0.149. The van der Waals surface area contributed by atoms with Gasteiger partial charge in [0.25, 0.3) is 0 Å². The molecule has 0 radical (unpaired) electrons. The predicted molar refractivity (Wildman–Crippen MR) is 157 cm³/mol. The molecule has 1 unspecified atom stereocenters. The van der Waals surface area contributed by atoms with Gasteiger partial charge in [-0.25, -0.2) is 0 Å². The van der Waals surface area contributed by atoms with Crippen LogP contribution in [0.5, 0.6) is 5.75 Å². The van der Waals surface area contributed by atoms with E-state index >= 15 is 0 Å². The summed E-state index contributed by atoms with van der Waals surface area (Å²) in [6.07, 6.45) is 18.1. The number of benzene rings is 3. The van der Waals surface area contributed by atoms with Crippen LogP contribution in [0, 0.1) is 5.92 Å². The van der Waals surface area contributed by atoms with Crippen LogP contribution in [0.3, 0.4) is 0 Å². The Balaban J connectivity index is 1.41. The third kappa shape index (κ3) is 10.0. The number of fused-ring (bicyclic) bond motifs is 2. The maximum absolute atomic E-state index is 12.7. The number of esters is 1. The normalized spacial score (nSPS) is 12.2. The van der Waals surface area contributed by atoms with Gasteiger partial charge in [-0.3, -0.25) is 4.79 Å². The van der Waals surface area contributed by atoms with Crippen LogP contribution < -0.4 is 4.74 Å². The third-order valence-corrected chi connectivity index (χ3v) is 7.42. The molecule has 1 atom stereocenters. The molecule has 0 spiro atoms. The number of rotatable bonds is 19. The van der Waals surface area contributed by atoms with Crippen LogP contribution in [-0.4, -0.2) is 19.2 Å². The molecule has 3 nitrogen and oxygen atoms in total. The van der Waals surface area contributed by atoms with Gasteiger partial charge in [0.05, 0.1) is 12.5 Å². The average Bonchev–Trinajstić information content (AvgIpc) is 2.92. The fourth-order valence-corrected chi connectivity index (χ4v) is 5.19. The minimum atomic E-state index is -0.219. The van der Waals surface area contributed by atoms with Crippen molar-refractivity contribution in [1.29, 1.82) is 0 Å². The molecule has 0 bridgehead atoms. The first-order valence-electron chi connectivity index (χ1n) is 14.9. The van der Waals surface area contributed by atoms with Gasteiger partial charge in [-0.05, 0) is 47.7 Å². The van der Waals surface area contributed by atoms with Crippen molar-refractivity contribution in [1.82, 2.24) is 0 Å². The lowest BCUT2D eigenvalue weighted by Gasteiger charge is -2.17.